The lowest BCUT2D eigenvalue weighted by Crippen LogP contribution is -2.38. The standard InChI is InChI=1S/C18H19N3O4/c22-18(25-17-8-6-16(7-9-17)21(23)24)19-15-10-11-20(13-15)12-14-4-2-1-3-5-14/h1-9,15H,10-13H2,(H,19,22)/t15-/m1/s1. The molecule has 0 aromatic heterocycles. The Kier molecular flexibility index (Phi) is 5.25. The lowest BCUT2D eigenvalue weighted by Gasteiger charge is -2.16. The molecule has 0 spiro atoms. The van der Waals surface area contributed by atoms with Crippen LogP contribution in [0.25, 0.3) is 0 Å². The summed E-state index contributed by atoms with van der Waals surface area (Å²) in [6, 6.07) is 15.7. The third kappa shape index (κ3) is 4.77. The number of rotatable bonds is 5. The van der Waals surface area contributed by atoms with Crippen LogP contribution in [0.4, 0.5) is 10.5 Å². The Bertz CT molecular complexity index is 734. The molecular weight excluding hydrogens is 322 g/mol. The Morgan fingerprint density at radius 3 is 2.60 bits per heavy atom. The first-order chi connectivity index (χ1) is 12.1. The van der Waals surface area contributed by atoms with Gasteiger partial charge in [0.1, 0.15) is 5.75 Å². The van der Waals surface area contributed by atoms with Gasteiger partial charge in [0, 0.05) is 37.8 Å². The third-order valence-corrected chi connectivity index (χ3v) is 4.10. The van der Waals surface area contributed by atoms with Crippen LogP contribution in [0.3, 0.4) is 0 Å². The molecule has 1 aliphatic heterocycles. The summed E-state index contributed by atoms with van der Waals surface area (Å²) < 4.78 is 5.17. The summed E-state index contributed by atoms with van der Waals surface area (Å²) in [7, 11) is 0. The maximum absolute atomic E-state index is 12.0. The van der Waals surface area contributed by atoms with E-state index < -0.39 is 11.0 Å². The predicted molar refractivity (Wildman–Crippen MR) is 92.4 cm³/mol. The van der Waals surface area contributed by atoms with E-state index in [9.17, 15) is 14.9 Å². The molecule has 130 valence electrons. The second-order valence-electron chi connectivity index (χ2n) is 5.99. The van der Waals surface area contributed by atoms with E-state index in [2.05, 4.69) is 22.3 Å². The van der Waals surface area contributed by atoms with E-state index in [0.29, 0.717) is 0 Å². The fourth-order valence-electron chi connectivity index (χ4n) is 2.87. The van der Waals surface area contributed by atoms with E-state index in [1.807, 2.05) is 18.2 Å². The van der Waals surface area contributed by atoms with Crippen molar-refractivity contribution in [3.05, 3.63) is 70.3 Å². The van der Waals surface area contributed by atoms with Crippen molar-refractivity contribution in [2.45, 2.75) is 19.0 Å². The van der Waals surface area contributed by atoms with Crippen molar-refractivity contribution < 1.29 is 14.5 Å². The molecule has 1 N–H and O–H groups in total. The van der Waals surface area contributed by atoms with Crippen molar-refractivity contribution in [3.63, 3.8) is 0 Å². The van der Waals surface area contributed by atoms with Crippen LogP contribution in [0.5, 0.6) is 5.75 Å². The van der Waals surface area contributed by atoms with Crippen molar-refractivity contribution >= 4 is 11.8 Å². The molecule has 1 fully saturated rings. The molecule has 0 bridgehead atoms. The van der Waals surface area contributed by atoms with Crippen LogP contribution >= 0.6 is 0 Å². The van der Waals surface area contributed by atoms with E-state index in [-0.39, 0.29) is 17.5 Å². The Labute approximate surface area is 145 Å². The summed E-state index contributed by atoms with van der Waals surface area (Å²) in [5.74, 6) is 0.280. The van der Waals surface area contributed by atoms with Gasteiger partial charge in [-0.3, -0.25) is 15.0 Å². The highest BCUT2D eigenvalue weighted by Gasteiger charge is 2.24. The highest BCUT2D eigenvalue weighted by molar-refractivity contribution is 5.70. The van der Waals surface area contributed by atoms with Gasteiger partial charge in [-0.25, -0.2) is 4.79 Å². The Morgan fingerprint density at radius 2 is 1.92 bits per heavy atom. The van der Waals surface area contributed by atoms with Crippen LogP contribution in [0.2, 0.25) is 0 Å². The molecule has 1 aliphatic rings. The highest BCUT2D eigenvalue weighted by atomic mass is 16.6. The number of nitro benzene ring substituents is 1. The lowest BCUT2D eigenvalue weighted by molar-refractivity contribution is -0.384. The Morgan fingerprint density at radius 1 is 1.20 bits per heavy atom. The zero-order valence-electron chi connectivity index (χ0n) is 13.6. The largest absolute Gasteiger partial charge is 0.412 e. The first kappa shape index (κ1) is 16.9. The van der Waals surface area contributed by atoms with Gasteiger partial charge in [0.2, 0.25) is 0 Å². The molecular formula is C18H19N3O4. The van der Waals surface area contributed by atoms with Crippen LogP contribution in [0.15, 0.2) is 54.6 Å². The number of amides is 1. The molecule has 3 rings (SSSR count). The van der Waals surface area contributed by atoms with Crippen LogP contribution in [0.1, 0.15) is 12.0 Å². The summed E-state index contributed by atoms with van der Waals surface area (Å²) in [5.41, 5.74) is 1.21. The van der Waals surface area contributed by atoms with Crippen molar-refractivity contribution in [1.29, 1.82) is 0 Å². The van der Waals surface area contributed by atoms with Gasteiger partial charge >= 0.3 is 6.09 Å². The maximum atomic E-state index is 12.0. The number of nitrogens with zero attached hydrogens (tertiary/aromatic N) is 2. The second-order valence-corrected chi connectivity index (χ2v) is 5.99. The van der Waals surface area contributed by atoms with Gasteiger partial charge in [0.05, 0.1) is 4.92 Å². The number of non-ortho nitro benzene ring substituents is 1. The minimum atomic E-state index is -0.541. The lowest BCUT2D eigenvalue weighted by atomic mass is 10.2. The van der Waals surface area contributed by atoms with E-state index in [1.54, 1.807) is 0 Å². The molecule has 0 unspecified atom stereocenters. The normalized spacial score (nSPS) is 17.2. The molecule has 1 atom stereocenters. The fourth-order valence-corrected chi connectivity index (χ4v) is 2.87. The van der Waals surface area contributed by atoms with Crippen LogP contribution in [0, 0.1) is 10.1 Å². The number of ether oxygens (including phenoxy) is 1. The summed E-state index contributed by atoms with van der Waals surface area (Å²) in [6.07, 6.45) is 0.322. The molecule has 1 amide bonds. The first-order valence-corrected chi connectivity index (χ1v) is 8.09. The van der Waals surface area contributed by atoms with Crippen LogP contribution in [-0.2, 0) is 6.54 Å². The number of hydrogen-bond donors (Lipinski definition) is 1. The van der Waals surface area contributed by atoms with Gasteiger partial charge in [-0.1, -0.05) is 30.3 Å². The van der Waals surface area contributed by atoms with Gasteiger partial charge in [-0.2, -0.15) is 0 Å². The number of likely N-dealkylation sites (tertiary alicyclic amines) is 1. The third-order valence-electron chi connectivity index (χ3n) is 4.10. The molecule has 1 saturated heterocycles. The van der Waals surface area contributed by atoms with Gasteiger partial charge in [-0.15, -0.1) is 0 Å². The Hall–Kier alpha value is -2.93. The quantitative estimate of drug-likeness (QED) is 0.667. The molecule has 2 aromatic rings. The molecule has 0 radical (unpaired) electrons. The fraction of sp³-hybridized carbons (Fsp3) is 0.278. The smallest absolute Gasteiger partial charge is 0.410 e. The molecule has 0 aliphatic carbocycles. The number of carbonyl (C=O) groups excluding carboxylic acids is 1. The molecule has 0 saturated carbocycles. The van der Waals surface area contributed by atoms with E-state index in [0.717, 1.165) is 26.1 Å². The molecule has 25 heavy (non-hydrogen) atoms. The number of nitrogens with one attached hydrogen (secondary N) is 1. The van der Waals surface area contributed by atoms with E-state index in [4.69, 9.17) is 4.74 Å². The minimum Gasteiger partial charge on any atom is -0.410 e. The summed E-state index contributed by atoms with van der Waals surface area (Å²) in [5, 5.41) is 13.5. The van der Waals surface area contributed by atoms with Crippen molar-refractivity contribution in [2.75, 3.05) is 13.1 Å². The molecule has 1 heterocycles. The number of hydrogen-bond acceptors (Lipinski definition) is 5. The zero-order chi connectivity index (χ0) is 17.6. The van der Waals surface area contributed by atoms with E-state index in [1.165, 1.54) is 29.8 Å². The van der Waals surface area contributed by atoms with Crippen molar-refractivity contribution in [2.24, 2.45) is 0 Å². The van der Waals surface area contributed by atoms with Gasteiger partial charge in [-0.05, 0) is 24.1 Å². The minimum absolute atomic E-state index is 0.0364. The summed E-state index contributed by atoms with van der Waals surface area (Å²) in [6.45, 7) is 2.54. The zero-order valence-corrected chi connectivity index (χ0v) is 13.6. The monoisotopic (exact) mass is 341 g/mol. The van der Waals surface area contributed by atoms with Gasteiger partial charge in [0.15, 0.2) is 0 Å². The predicted octanol–water partition coefficient (Wildman–Crippen LogP) is 2.96. The molecule has 7 nitrogen and oxygen atoms in total. The molecule has 7 heteroatoms. The first-order valence-electron chi connectivity index (χ1n) is 8.09. The Balaban J connectivity index is 1.46. The number of carbonyl (C=O) groups is 1. The SMILES string of the molecule is O=C(N[C@@H]1CCN(Cc2ccccc2)C1)Oc1ccc([N+](=O)[O-])cc1. The average Bonchev–Trinajstić information content (AvgIpc) is 3.03. The van der Waals surface area contributed by atoms with Crippen LogP contribution < -0.4 is 10.1 Å². The highest BCUT2D eigenvalue weighted by Crippen LogP contribution is 2.18. The summed E-state index contributed by atoms with van der Waals surface area (Å²) >= 11 is 0. The maximum Gasteiger partial charge on any atom is 0.412 e. The van der Waals surface area contributed by atoms with Crippen molar-refractivity contribution in [3.8, 4) is 5.75 Å². The van der Waals surface area contributed by atoms with Gasteiger partial charge in [0.25, 0.3) is 5.69 Å². The van der Waals surface area contributed by atoms with Gasteiger partial charge < -0.3 is 10.1 Å². The number of benzene rings is 2. The van der Waals surface area contributed by atoms with Crippen molar-refractivity contribution in [1.82, 2.24) is 10.2 Å². The average molecular weight is 341 g/mol. The van der Waals surface area contributed by atoms with E-state index >= 15 is 0 Å². The second kappa shape index (κ2) is 7.76. The molecule has 2 aromatic carbocycles. The number of nitro groups is 1. The van der Waals surface area contributed by atoms with Crippen LogP contribution in [-0.4, -0.2) is 35.0 Å². The summed E-state index contributed by atoms with van der Waals surface area (Å²) in [4.78, 5) is 24.4. The topological polar surface area (TPSA) is 84.7 Å².